The van der Waals surface area contributed by atoms with Gasteiger partial charge in [0.25, 0.3) is 0 Å². The minimum absolute atomic E-state index is 0.629. The number of nitrogens with zero attached hydrogens (tertiary/aromatic N) is 3. The molecular formula is C21H19N5. The van der Waals surface area contributed by atoms with Crippen molar-refractivity contribution in [2.75, 3.05) is 17.7 Å². The van der Waals surface area contributed by atoms with E-state index in [9.17, 15) is 0 Å². The summed E-state index contributed by atoms with van der Waals surface area (Å²) >= 11 is 0. The molecule has 4 rings (SSSR count). The topological polar surface area (TPSA) is 62.7 Å². The SMILES string of the molecule is CNc1ncc(-c2ccccc2)c2cc(NCc3ccccn3)ncc12. The van der Waals surface area contributed by atoms with Crippen LogP contribution in [0.1, 0.15) is 5.69 Å². The zero-order valence-corrected chi connectivity index (χ0v) is 14.5. The van der Waals surface area contributed by atoms with Crippen LogP contribution < -0.4 is 10.6 Å². The van der Waals surface area contributed by atoms with Gasteiger partial charge in [-0.2, -0.15) is 0 Å². The maximum Gasteiger partial charge on any atom is 0.135 e. The van der Waals surface area contributed by atoms with Crippen LogP contribution in [0.25, 0.3) is 21.9 Å². The van der Waals surface area contributed by atoms with Gasteiger partial charge in [0.05, 0.1) is 12.2 Å². The Morgan fingerprint density at radius 2 is 1.69 bits per heavy atom. The first-order chi connectivity index (χ1) is 12.8. The average molecular weight is 341 g/mol. The number of hydrogen-bond acceptors (Lipinski definition) is 5. The highest BCUT2D eigenvalue weighted by atomic mass is 15.0. The van der Waals surface area contributed by atoms with Gasteiger partial charge in [0, 0.05) is 36.6 Å². The third kappa shape index (κ3) is 3.19. The normalized spacial score (nSPS) is 10.7. The lowest BCUT2D eigenvalue weighted by atomic mass is 10.0. The van der Waals surface area contributed by atoms with Gasteiger partial charge in [0.2, 0.25) is 0 Å². The number of hydrogen-bond donors (Lipinski definition) is 2. The predicted octanol–water partition coefficient (Wildman–Crippen LogP) is 4.35. The quantitative estimate of drug-likeness (QED) is 0.565. The molecule has 0 bridgehead atoms. The molecule has 0 aliphatic rings. The summed E-state index contributed by atoms with van der Waals surface area (Å²) in [5.74, 6) is 1.64. The molecule has 0 radical (unpaired) electrons. The molecule has 4 aromatic rings. The summed E-state index contributed by atoms with van der Waals surface area (Å²) in [6, 6.07) is 18.2. The number of benzene rings is 1. The molecule has 0 unspecified atom stereocenters. The number of anilines is 2. The minimum atomic E-state index is 0.629. The molecule has 0 saturated heterocycles. The van der Waals surface area contributed by atoms with Crippen LogP contribution in [0.3, 0.4) is 0 Å². The molecule has 0 fully saturated rings. The van der Waals surface area contributed by atoms with Crippen molar-refractivity contribution in [3.63, 3.8) is 0 Å². The Morgan fingerprint density at radius 3 is 2.46 bits per heavy atom. The summed E-state index contributed by atoms with van der Waals surface area (Å²) in [4.78, 5) is 13.4. The van der Waals surface area contributed by atoms with Crippen molar-refractivity contribution in [1.29, 1.82) is 0 Å². The number of rotatable bonds is 5. The van der Waals surface area contributed by atoms with E-state index in [-0.39, 0.29) is 0 Å². The third-order valence-electron chi connectivity index (χ3n) is 4.27. The summed E-state index contributed by atoms with van der Waals surface area (Å²) in [7, 11) is 1.87. The zero-order valence-electron chi connectivity index (χ0n) is 14.5. The van der Waals surface area contributed by atoms with Crippen LogP contribution in [0.15, 0.2) is 73.2 Å². The maximum absolute atomic E-state index is 4.55. The second-order valence-electron chi connectivity index (χ2n) is 5.93. The molecule has 2 N–H and O–H groups in total. The Balaban J connectivity index is 1.75. The molecule has 3 heterocycles. The van der Waals surface area contributed by atoms with Crippen molar-refractivity contribution in [2.45, 2.75) is 6.54 Å². The van der Waals surface area contributed by atoms with Crippen LogP contribution in [0.2, 0.25) is 0 Å². The van der Waals surface area contributed by atoms with Gasteiger partial charge in [-0.1, -0.05) is 36.4 Å². The minimum Gasteiger partial charge on any atom is -0.373 e. The Kier molecular flexibility index (Phi) is 4.43. The molecular weight excluding hydrogens is 322 g/mol. The molecule has 5 nitrogen and oxygen atoms in total. The van der Waals surface area contributed by atoms with Crippen molar-refractivity contribution in [1.82, 2.24) is 15.0 Å². The predicted molar refractivity (Wildman–Crippen MR) is 106 cm³/mol. The number of fused-ring (bicyclic) bond motifs is 1. The van der Waals surface area contributed by atoms with E-state index in [0.717, 1.165) is 39.2 Å². The van der Waals surface area contributed by atoms with E-state index in [1.165, 1.54) is 0 Å². The van der Waals surface area contributed by atoms with E-state index in [4.69, 9.17) is 0 Å². The first-order valence-electron chi connectivity index (χ1n) is 8.51. The second-order valence-corrected chi connectivity index (χ2v) is 5.93. The molecule has 0 amide bonds. The largest absolute Gasteiger partial charge is 0.373 e. The van der Waals surface area contributed by atoms with E-state index in [1.807, 2.05) is 55.8 Å². The monoisotopic (exact) mass is 341 g/mol. The van der Waals surface area contributed by atoms with Gasteiger partial charge in [0.15, 0.2) is 0 Å². The Morgan fingerprint density at radius 1 is 0.846 bits per heavy atom. The lowest BCUT2D eigenvalue weighted by Crippen LogP contribution is -2.03. The fourth-order valence-corrected chi connectivity index (χ4v) is 2.96. The van der Waals surface area contributed by atoms with Gasteiger partial charge in [-0.15, -0.1) is 0 Å². The van der Waals surface area contributed by atoms with Crippen LogP contribution >= 0.6 is 0 Å². The zero-order chi connectivity index (χ0) is 17.8. The van der Waals surface area contributed by atoms with Crippen LogP contribution in [-0.2, 0) is 6.54 Å². The van der Waals surface area contributed by atoms with Crippen LogP contribution in [0, 0.1) is 0 Å². The van der Waals surface area contributed by atoms with Gasteiger partial charge < -0.3 is 10.6 Å². The van der Waals surface area contributed by atoms with Crippen molar-refractivity contribution >= 4 is 22.4 Å². The first-order valence-corrected chi connectivity index (χ1v) is 8.51. The fourth-order valence-electron chi connectivity index (χ4n) is 2.96. The number of nitrogens with one attached hydrogen (secondary N) is 2. The molecule has 3 aromatic heterocycles. The van der Waals surface area contributed by atoms with E-state index in [1.54, 1.807) is 6.20 Å². The summed E-state index contributed by atoms with van der Waals surface area (Å²) in [6.45, 7) is 0.629. The van der Waals surface area contributed by atoms with Gasteiger partial charge in [0.1, 0.15) is 11.6 Å². The molecule has 5 heteroatoms. The standard InChI is InChI=1S/C21H19N5/c1-22-21-19-14-25-20(24-12-16-9-5-6-10-23-16)11-17(19)18(13-26-21)15-7-3-2-4-8-15/h2-11,13-14H,12H2,1H3,(H,22,26)(H,24,25). The first kappa shape index (κ1) is 16.0. The Bertz CT molecular complexity index is 1020. The highest BCUT2D eigenvalue weighted by molar-refractivity contribution is 6.02. The molecule has 0 aliphatic heterocycles. The van der Waals surface area contributed by atoms with Crippen LogP contribution in [0.5, 0.6) is 0 Å². The number of aromatic nitrogens is 3. The summed E-state index contributed by atoms with van der Waals surface area (Å²) in [5.41, 5.74) is 3.20. The Hall–Kier alpha value is -3.47. The van der Waals surface area contributed by atoms with E-state index >= 15 is 0 Å². The van der Waals surface area contributed by atoms with E-state index in [0.29, 0.717) is 6.54 Å². The second kappa shape index (κ2) is 7.19. The molecule has 0 aliphatic carbocycles. The summed E-state index contributed by atoms with van der Waals surface area (Å²) in [6.07, 6.45) is 5.57. The van der Waals surface area contributed by atoms with Crippen molar-refractivity contribution in [2.24, 2.45) is 0 Å². The van der Waals surface area contributed by atoms with Crippen molar-refractivity contribution in [3.8, 4) is 11.1 Å². The molecule has 0 saturated carbocycles. The van der Waals surface area contributed by atoms with Crippen molar-refractivity contribution in [3.05, 3.63) is 78.9 Å². The van der Waals surface area contributed by atoms with E-state index in [2.05, 4.69) is 43.8 Å². The van der Waals surface area contributed by atoms with Gasteiger partial charge in [-0.05, 0) is 29.1 Å². The van der Waals surface area contributed by atoms with E-state index < -0.39 is 0 Å². The van der Waals surface area contributed by atoms with Crippen LogP contribution in [-0.4, -0.2) is 22.0 Å². The molecule has 26 heavy (non-hydrogen) atoms. The molecule has 1 aromatic carbocycles. The summed E-state index contributed by atoms with van der Waals surface area (Å²) in [5, 5.41) is 8.60. The average Bonchev–Trinajstić information content (AvgIpc) is 2.72. The van der Waals surface area contributed by atoms with Gasteiger partial charge in [-0.3, -0.25) is 4.98 Å². The van der Waals surface area contributed by atoms with Gasteiger partial charge >= 0.3 is 0 Å². The summed E-state index contributed by atoms with van der Waals surface area (Å²) < 4.78 is 0. The Labute approximate surface area is 152 Å². The van der Waals surface area contributed by atoms with Crippen LogP contribution in [0.4, 0.5) is 11.6 Å². The van der Waals surface area contributed by atoms with Gasteiger partial charge in [-0.25, -0.2) is 9.97 Å². The van der Waals surface area contributed by atoms with Crippen molar-refractivity contribution < 1.29 is 0 Å². The highest BCUT2D eigenvalue weighted by Crippen LogP contribution is 2.32. The highest BCUT2D eigenvalue weighted by Gasteiger charge is 2.10. The number of pyridine rings is 3. The fraction of sp³-hybridized carbons (Fsp3) is 0.0952. The lowest BCUT2D eigenvalue weighted by Gasteiger charge is -2.12. The lowest BCUT2D eigenvalue weighted by molar-refractivity contribution is 1.03. The molecule has 128 valence electrons. The smallest absolute Gasteiger partial charge is 0.135 e. The maximum atomic E-state index is 4.55. The molecule has 0 atom stereocenters. The molecule has 0 spiro atoms. The third-order valence-corrected chi connectivity index (χ3v) is 4.27.